The van der Waals surface area contributed by atoms with Crippen LogP contribution in [0.15, 0.2) is 54.7 Å². The van der Waals surface area contributed by atoms with E-state index in [-0.39, 0.29) is 5.97 Å². The number of nitrogens with zero attached hydrogens (tertiary/aromatic N) is 1. The van der Waals surface area contributed by atoms with E-state index in [0.717, 1.165) is 33.4 Å². The Kier molecular flexibility index (Phi) is 5.71. The van der Waals surface area contributed by atoms with Gasteiger partial charge < -0.3 is 14.8 Å². The number of carbonyl (C=O) groups excluding carboxylic acids is 1. The number of carbonyl (C=O) groups is 1. The maximum absolute atomic E-state index is 11.7. The van der Waals surface area contributed by atoms with Crippen LogP contribution in [0.2, 0.25) is 0 Å². The van der Waals surface area contributed by atoms with E-state index in [2.05, 4.69) is 10.3 Å². The van der Waals surface area contributed by atoms with E-state index in [0.29, 0.717) is 12.4 Å². The SMILES string of the molecule is CCOC(=O)C=Cc1cnc2c(OC)cccc2c1Nc1ccccc1C. The number of pyridine rings is 1. The summed E-state index contributed by atoms with van der Waals surface area (Å²) in [7, 11) is 1.62. The number of anilines is 2. The van der Waals surface area contributed by atoms with Gasteiger partial charge in [0.05, 0.1) is 19.4 Å². The number of hydrogen-bond donors (Lipinski definition) is 1. The van der Waals surface area contributed by atoms with E-state index < -0.39 is 0 Å². The van der Waals surface area contributed by atoms with Gasteiger partial charge in [-0.15, -0.1) is 0 Å². The van der Waals surface area contributed by atoms with Gasteiger partial charge in [-0.3, -0.25) is 4.98 Å². The Morgan fingerprint density at radius 3 is 2.74 bits per heavy atom. The fourth-order valence-corrected chi connectivity index (χ4v) is 2.84. The Hall–Kier alpha value is -3.34. The van der Waals surface area contributed by atoms with Crippen molar-refractivity contribution < 1.29 is 14.3 Å². The van der Waals surface area contributed by atoms with Gasteiger partial charge in [-0.05, 0) is 37.6 Å². The van der Waals surface area contributed by atoms with Crippen LogP contribution in [-0.2, 0) is 9.53 Å². The first-order valence-electron chi connectivity index (χ1n) is 8.77. The molecule has 0 aliphatic carbocycles. The number of nitrogens with one attached hydrogen (secondary N) is 1. The Bertz CT molecular complexity index is 996. The molecule has 0 amide bonds. The van der Waals surface area contributed by atoms with Gasteiger partial charge in [-0.25, -0.2) is 4.79 Å². The zero-order valence-electron chi connectivity index (χ0n) is 15.7. The van der Waals surface area contributed by atoms with Gasteiger partial charge in [0.2, 0.25) is 0 Å². The van der Waals surface area contributed by atoms with Crippen molar-refractivity contribution in [1.82, 2.24) is 4.98 Å². The van der Waals surface area contributed by atoms with E-state index in [1.54, 1.807) is 26.3 Å². The average Bonchev–Trinajstić information content (AvgIpc) is 2.68. The number of hydrogen-bond acceptors (Lipinski definition) is 5. The van der Waals surface area contributed by atoms with Crippen molar-refractivity contribution >= 4 is 34.3 Å². The van der Waals surface area contributed by atoms with Crippen LogP contribution < -0.4 is 10.1 Å². The summed E-state index contributed by atoms with van der Waals surface area (Å²) in [6, 6.07) is 13.8. The minimum atomic E-state index is -0.384. The lowest BCUT2D eigenvalue weighted by atomic mass is 10.1. The molecule has 138 valence electrons. The molecule has 0 spiro atoms. The second-order valence-electron chi connectivity index (χ2n) is 5.97. The number of fused-ring (bicyclic) bond motifs is 1. The first-order chi connectivity index (χ1) is 13.1. The van der Waals surface area contributed by atoms with Crippen molar-refractivity contribution in [3.05, 3.63) is 65.9 Å². The van der Waals surface area contributed by atoms with Crippen molar-refractivity contribution in [2.45, 2.75) is 13.8 Å². The summed E-state index contributed by atoms with van der Waals surface area (Å²) < 4.78 is 10.4. The minimum Gasteiger partial charge on any atom is -0.494 e. The number of aromatic nitrogens is 1. The first-order valence-corrected chi connectivity index (χ1v) is 8.77. The average molecular weight is 362 g/mol. The van der Waals surface area contributed by atoms with Crippen LogP contribution in [0.25, 0.3) is 17.0 Å². The second-order valence-corrected chi connectivity index (χ2v) is 5.97. The highest BCUT2D eigenvalue weighted by Crippen LogP contribution is 2.34. The van der Waals surface area contributed by atoms with Gasteiger partial charge in [0.25, 0.3) is 0 Å². The summed E-state index contributed by atoms with van der Waals surface area (Å²) in [5.41, 5.74) is 4.49. The number of methoxy groups -OCH3 is 1. The maximum Gasteiger partial charge on any atom is 0.330 e. The molecular formula is C22H22N2O3. The maximum atomic E-state index is 11.7. The number of para-hydroxylation sites is 2. The third-order valence-electron chi connectivity index (χ3n) is 4.20. The molecule has 0 unspecified atom stereocenters. The quantitative estimate of drug-likeness (QED) is 0.501. The zero-order chi connectivity index (χ0) is 19.2. The van der Waals surface area contributed by atoms with Crippen LogP contribution in [0, 0.1) is 6.92 Å². The van der Waals surface area contributed by atoms with E-state index >= 15 is 0 Å². The molecule has 0 bridgehead atoms. The Balaban J connectivity index is 2.14. The molecule has 0 aliphatic rings. The molecule has 0 saturated heterocycles. The normalized spacial score (nSPS) is 10.9. The Labute approximate surface area is 158 Å². The fraction of sp³-hybridized carbons (Fsp3) is 0.182. The molecule has 0 fully saturated rings. The highest BCUT2D eigenvalue weighted by atomic mass is 16.5. The zero-order valence-corrected chi connectivity index (χ0v) is 15.7. The molecule has 0 atom stereocenters. The molecule has 0 aliphatic heterocycles. The topological polar surface area (TPSA) is 60.5 Å². The van der Waals surface area contributed by atoms with Crippen LogP contribution in [0.4, 0.5) is 11.4 Å². The molecule has 3 rings (SSSR count). The predicted molar refractivity (Wildman–Crippen MR) is 108 cm³/mol. The molecule has 0 radical (unpaired) electrons. The van der Waals surface area contributed by atoms with E-state index in [4.69, 9.17) is 9.47 Å². The molecule has 1 N–H and O–H groups in total. The molecule has 0 saturated carbocycles. The lowest BCUT2D eigenvalue weighted by Gasteiger charge is -2.15. The third-order valence-corrected chi connectivity index (χ3v) is 4.20. The van der Waals surface area contributed by atoms with Crippen LogP contribution in [0.3, 0.4) is 0 Å². The van der Waals surface area contributed by atoms with Crippen molar-refractivity contribution in [2.75, 3.05) is 19.0 Å². The molecule has 1 heterocycles. The molecule has 27 heavy (non-hydrogen) atoms. The highest BCUT2D eigenvalue weighted by Gasteiger charge is 2.12. The van der Waals surface area contributed by atoms with Crippen molar-refractivity contribution in [2.24, 2.45) is 0 Å². The number of rotatable bonds is 6. The molecule has 1 aromatic heterocycles. The van der Waals surface area contributed by atoms with Gasteiger partial charge in [0.1, 0.15) is 11.3 Å². The summed E-state index contributed by atoms with van der Waals surface area (Å²) in [4.78, 5) is 16.3. The lowest BCUT2D eigenvalue weighted by Crippen LogP contribution is -2.01. The van der Waals surface area contributed by atoms with Crippen molar-refractivity contribution in [3.8, 4) is 5.75 Å². The molecular weight excluding hydrogens is 340 g/mol. The lowest BCUT2D eigenvalue weighted by molar-refractivity contribution is -0.137. The van der Waals surface area contributed by atoms with Gasteiger partial charge in [0.15, 0.2) is 0 Å². The number of ether oxygens (including phenoxy) is 2. The second kappa shape index (κ2) is 8.36. The van der Waals surface area contributed by atoms with Crippen LogP contribution in [0.1, 0.15) is 18.1 Å². The molecule has 5 heteroatoms. The van der Waals surface area contributed by atoms with Crippen LogP contribution >= 0.6 is 0 Å². The third kappa shape index (κ3) is 4.08. The fourth-order valence-electron chi connectivity index (χ4n) is 2.84. The van der Waals surface area contributed by atoms with Crippen molar-refractivity contribution in [1.29, 1.82) is 0 Å². The van der Waals surface area contributed by atoms with Gasteiger partial charge in [-0.2, -0.15) is 0 Å². The standard InChI is InChI=1S/C22H22N2O3/c1-4-27-20(25)13-12-16-14-23-22-17(9-7-11-19(22)26-3)21(16)24-18-10-6-5-8-15(18)2/h5-14H,4H2,1-3H3,(H,23,24). The molecule has 3 aromatic rings. The summed E-state index contributed by atoms with van der Waals surface area (Å²) in [6.07, 6.45) is 4.85. The largest absolute Gasteiger partial charge is 0.494 e. The smallest absolute Gasteiger partial charge is 0.330 e. The first kappa shape index (κ1) is 18.5. The van der Waals surface area contributed by atoms with Gasteiger partial charge in [0, 0.05) is 28.9 Å². The van der Waals surface area contributed by atoms with Gasteiger partial charge in [-0.1, -0.05) is 30.3 Å². The van der Waals surface area contributed by atoms with Crippen LogP contribution in [-0.4, -0.2) is 24.7 Å². The Morgan fingerprint density at radius 2 is 2.00 bits per heavy atom. The monoisotopic (exact) mass is 362 g/mol. The summed E-state index contributed by atoms with van der Waals surface area (Å²) in [5.74, 6) is 0.311. The Morgan fingerprint density at radius 1 is 1.19 bits per heavy atom. The molecule has 2 aromatic carbocycles. The summed E-state index contributed by atoms with van der Waals surface area (Å²) in [5, 5.41) is 4.40. The number of esters is 1. The minimum absolute atomic E-state index is 0.338. The summed E-state index contributed by atoms with van der Waals surface area (Å²) >= 11 is 0. The number of benzene rings is 2. The summed E-state index contributed by atoms with van der Waals surface area (Å²) in [6.45, 7) is 4.16. The van der Waals surface area contributed by atoms with E-state index in [1.165, 1.54) is 6.08 Å². The van der Waals surface area contributed by atoms with E-state index in [9.17, 15) is 4.79 Å². The highest BCUT2D eigenvalue weighted by molar-refractivity contribution is 6.01. The van der Waals surface area contributed by atoms with Crippen LogP contribution in [0.5, 0.6) is 5.75 Å². The van der Waals surface area contributed by atoms with Crippen molar-refractivity contribution in [3.63, 3.8) is 0 Å². The molecule has 5 nitrogen and oxygen atoms in total. The predicted octanol–water partition coefficient (Wildman–Crippen LogP) is 4.87. The van der Waals surface area contributed by atoms with Gasteiger partial charge >= 0.3 is 5.97 Å². The van der Waals surface area contributed by atoms with E-state index in [1.807, 2.05) is 49.4 Å². The number of aryl methyl sites for hydroxylation is 1.